The summed E-state index contributed by atoms with van der Waals surface area (Å²) in [6.07, 6.45) is 0.160. The number of aryl methyl sites for hydroxylation is 4. The van der Waals surface area contributed by atoms with Crippen molar-refractivity contribution in [2.45, 2.75) is 53.7 Å². The molecule has 1 nitrogen and oxygen atoms in total. The number of hydrogen-bond donors (Lipinski definition) is 0. The second-order valence-electron chi connectivity index (χ2n) is 8.15. The minimum Gasteiger partial charge on any atom is -0.401 e. The lowest BCUT2D eigenvalue weighted by Gasteiger charge is -2.29. The number of benzene rings is 2. The van der Waals surface area contributed by atoms with Gasteiger partial charge < -0.3 is 4.43 Å². The summed E-state index contributed by atoms with van der Waals surface area (Å²) >= 11 is 0. The first-order valence-corrected chi connectivity index (χ1v) is 11.3. The Labute approximate surface area is 153 Å². The molecule has 0 radical (unpaired) electrons. The van der Waals surface area contributed by atoms with Crippen molar-refractivity contribution in [1.82, 2.24) is 0 Å². The average molecular weight is 351 g/mol. The summed E-state index contributed by atoms with van der Waals surface area (Å²) in [7, 11) is -2.26. The first kappa shape index (κ1) is 18.2. The summed E-state index contributed by atoms with van der Waals surface area (Å²) in [5, 5.41) is 2.82. The molecule has 25 heavy (non-hydrogen) atoms. The van der Waals surface area contributed by atoms with Gasteiger partial charge in [-0.2, -0.15) is 0 Å². The molecule has 2 aromatic carbocycles. The van der Waals surface area contributed by atoms with Gasteiger partial charge in [-0.3, -0.25) is 0 Å². The molecule has 0 amide bonds. The normalized spacial score (nSPS) is 22.2. The molecule has 0 bridgehead atoms. The maximum absolute atomic E-state index is 6.95. The molecule has 1 aliphatic heterocycles. The van der Waals surface area contributed by atoms with Crippen LogP contribution in [0.15, 0.2) is 48.6 Å². The Morgan fingerprint density at radius 2 is 1.28 bits per heavy atom. The molecule has 0 spiro atoms. The molecule has 2 aromatic rings. The minimum absolute atomic E-state index is 0.160. The molecule has 1 heterocycles. The van der Waals surface area contributed by atoms with E-state index in [0.717, 1.165) is 11.6 Å². The van der Waals surface area contributed by atoms with E-state index >= 15 is 0 Å². The smallest absolute Gasteiger partial charge is 0.257 e. The van der Waals surface area contributed by atoms with Gasteiger partial charge in [-0.05, 0) is 57.0 Å². The van der Waals surface area contributed by atoms with Crippen LogP contribution in [-0.4, -0.2) is 14.4 Å². The van der Waals surface area contributed by atoms with Crippen molar-refractivity contribution >= 4 is 18.7 Å². The van der Waals surface area contributed by atoms with Gasteiger partial charge in [0.05, 0.1) is 6.10 Å². The van der Waals surface area contributed by atoms with Gasteiger partial charge in [0.1, 0.15) is 0 Å². The van der Waals surface area contributed by atoms with Crippen LogP contribution in [0.3, 0.4) is 0 Å². The molecule has 0 saturated carbocycles. The lowest BCUT2D eigenvalue weighted by atomic mass is 10.0. The highest BCUT2D eigenvalue weighted by atomic mass is 28.4. The SMILES string of the molecule is C=C(C)[C@@H]1O[Si](c2cc(C)cc(C)c2)(c2cc(C)cc(C)c2)C[C@@H]1C. The predicted molar refractivity (Wildman–Crippen MR) is 111 cm³/mol. The fourth-order valence-electron chi connectivity index (χ4n) is 4.48. The van der Waals surface area contributed by atoms with Crippen LogP contribution in [0.2, 0.25) is 6.04 Å². The van der Waals surface area contributed by atoms with Crippen molar-refractivity contribution in [2.24, 2.45) is 5.92 Å². The zero-order valence-electron chi connectivity index (χ0n) is 16.4. The molecule has 1 saturated heterocycles. The van der Waals surface area contributed by atoms with Crippen LogP contribution in [0.1, 0.15) is 36.1 Å². The van der Waals surface area contributed by atoms with Gasteiger partial charge in [0.15, 0.2) is 0 Å². The van der Waals surface area contributed by atoms with Crippen molar-refractivity contribution < 1.29 is 4.43 Å². The van der Waals surface area contributed by atoms with Gasteiger partial charge in [0, 0.05) is 0 Å². The van der Waals surface area contributed by atoms with E-state index in [1.165, 1.54) is 32.6 Å². The molecular weight excluding hydrogens is 320 g/mol. The monoisotopic (exact) mass is 350 g/mol. The van der Waals surface area contributed by atoms with E-state index < -0.39 is 8.32 Å². The third-order valence-corrected chi connectivity index (χ3v) is 9.63. The maximum atomic E-state index is 6.95. The van der Waals surface area contributed by atoms with Crippen LogP contribution >= 0.6 is 0 Å². The predicted octanol–water partition coefficient (Wildman–Crippen LogP) is 4.59. The van der Waals surface area contributed by atoms with E-state index in [0.29, 0.717) is 5.92 Å². The van der Waals surface area contributed by atoms with Gasteiger partial charge in [0.25, 0.3) is 8.32 Å². The lowest BCUT2D eigenvalue weighted by Crippen LogP contribution is -2.59. The Morgan fingerprint density at radius 3 is 1.60 bits per heavy atom. The molecule has 0 aliphatic carbocycles. The van der Waals surface area contributed by atoms with Crippen molar-refractivity contribution in [1.29, 1.82) is 0 Å². The minimum atomic E-state index is -2.26. The summed E-state index contributed by atoms with van der Waals surface area (Å²) in [6.45, 7) is 17.4. The summed E-state index contributed by atoms with van der Waals surface area (Å²) in [6, 6.07) is 15.0. The average Bonchev–Trinajstić information content (AvgIpc) is 2.84. The Balaban J connectivity index is 2.24. The Hall–Kier alpha value is -1.64. The second-order valence-corrected chi connectivity index (χ2v) is 11.6. The van der Waals surface area contributed by atoms with Gasteiger partial charge >= 0.3 is 0 Å². The molecule has 3 rings (SSSR count). The maximum Gasteiger partial charge on any atom is 0.257 e. The number of hydrogen-bond acceptors (Lipinski definition) is 1. The molecule has 2 atom stereocenters. The molecule has 132 valence electrons. The van der Waals surface area contributed by atoms with Crippen molar-refractivity contribution in [3.8, 4) is 0 Å². The van der Waals surface area contributed by atoms with Crippen molar-refractivity contribution in [3.63, 3.8) is 0 Å². The Kier molecular flexibility index (Phi) is 4.78. The summed E-state index contributed by atoms with van der Waals surface area (Å²) < 4.78 is 6.95. The fraction of sp³-hybridized carbons (Fsp3) is 0.391. The van der Waals surface area contributed by atoms with Gasteiger partial charge in [-0.15, -0.1) is 0 Å². The highest BCUT2D eigenvalue weighted by molar-refractivity contribution is 6.98. The highest BCUT2D eigenvalue weighted by Gasteiger charge is 2.50. The lowest BCUT2D eigenvalue weighted by molar-refractivity contribution is 0.228. The van der Waals surface area contributed by atoms with Crippen LogP contribution in [0.5, 0.6) is 0 Å². The molecule has 1 fully saturated rings. The van der Waals surface area contributed by atoms with E-state index in [4.69, 9.17) is 4.43 Å². The summed E-state index contributed by atoms with van der Waals surface area (Å²) in [5.41, 5.74) is 6.43. The molecule has 1 aliphatic rings. The topological polar surface area (TPSA) is 9.23 Å². The van der Waals surface area contributed by atoms with E-state index in [-0.39, 0.29) is 6.10 Å². The zero-order valence-corrected chi connectivity index (χ0v) is 17.4. The molecule has 0 unspecified atom stereocenters. The third kappa shape index (κ3) is 3.38. The summed E-state index contributed by atoms with van der Waals surface area (Å²) in [5.74, 6) is 0.505. The summed E-state index contributed by atoms with van der Waals surface area (Å²) in [4.78, 5) is 0. The number of rotatable bonds is 3. The van der Waals surface area contributed by atoms with Gasteiger partial charge in [0.2, 0.25) is 0 Å². The molecular formula is C23H30OSi. The van der Waals surface area contributed by atoms with E-state index in [1.807, 2.05) is 0 Å². The van der Waals surface area contributed by atoms with E-state index in [2.05, 4.69) is 84.5 Å². The zero-order chi connectivity index (χ0) is 18.4. The molecule has 0 N–H and O–H groups in total. The Bertz CT molecular complexity index is 729. The molecule has 2 heteroatoms. The standard InChI is InChI=1S/C23H30OSi/c1-15(2)23-20(7)14-25(24-23,21-10-16(3)8-17(4)11-21)22-12-18(5)9-19(6)13-22/h8-13,20,23H,1,14H2,2-7H3/t20-,23-/m0/s1. The van der Waals surface area contributed by atoms with Crippen molar-refractivity contribution in [2.75, 3.05) is 0 Å². The van der Waals surface area contributed by atoms with E-state index in [9.17, 15) is 0 Å². The first-order valence-electron chi connectivity index (χ1n) is 9.22. The fourth-order valence-corrected chi connectivity index (χ4v) is 9.49. The van der Waals surface area contributed by atoms with Crippen LogP contribution in [0.25, 0.3) is 0 Å². The van der Waals surface area contributed by atoms with Gasteiger partial charge in [-0.25, -0.2) is 0 Å². The van der Waals surface area contributed by atoms with Crippen LogP contribution < -0.4 is 10.4 Å². The largest absolute Gasteiger partial charge is 0.401 e. The molecule has 0 aromatic heterocycles. The van der Waals surface area contributed by atoms with Gasteiger partial charge in [-0.1, -0.05) is 77.7 Å². The van der Waals surface area contributed by atoms with Crippen molar-refractivity contribution in [3.05, 3.63) is 70.8 Å². The quantitative estimate of drug-likeness (QED) is 0.581. The van der Waals surface area contributed by atoms with Crippen LogP contribution in [-0.2, 0) is 4.43 Å². The highest BCUT2D eigenvalue weighted by Crippen LogP contribution is 2.36. The Morgan fingerprint density at radius 1 is 0.880 bits per heavy atom. The van der Waals surface area contributed by atoms with E-state index in [1.54, 1.807) is 0 Å². The third-order valence-electron chi connectivity index (χ3n) is 5.32. The van der Waals surface area contributed by atoms with Crippen LogP contribution in [0.4, 0.5) is 0 Å². The second kappa shape index (κ2) is 6.58. The first-order chi connectivity index (χ1) is 11.7. The van der Waals surface area contributed by atoms with Crippen LogP contribution in [0, 0.1) is 33.6 Å².